The summed E-state index contributed by atoms with van der Waals surface area (Å²) in [4.78, 5) is 12.5. The first-order valence-corrected chi connectivity index (χ1v) is 10.3. The molecule has 1 N–H and O–H groups in total. The maximum absolute atomic E-state index is 12.5. The zero-order valence-corrected chi connectivity index (χ0v) is 19.0. The van der Waals surface area contributed by atoms with Gasteiger partial charge < -0.3 is 9.47 Å². The SMILES string of the molecule is COc1ccc(Br)cc1C(=O)N/N=C\c1cc(Cl)ccc1OCc1cccc(Cl)c1. The Kier molecular flexibility index (Phi) is 7.74. The van der Waals surface area contributed by atoms with Crippen molar-refractivity contribution in [3.63, 3.8) is 0 Å². The third-order valence-corrected chi connectivity index (χ3v) is 4.99. The molecule has 3 aromatic rings. The molecule has 0 spiro atoms. The minimum absolute atomic E-state index is 0.324. The molecule has 8 heteroatoms. The predicted molar refractivity (Wildman–Crippen MR) is 123 cm³/mol. The molecule has 154 valence electrons. The van der Waals surface area contributed by atoms with Gasteiger partial charge in [0.25, 0.3) is 5.91 Å². The minimum Gasteiger partial charge on any atom is -0.496 e. The minimum atomic E-state index is -0.409. The maximum atomic E-state index is 12.5. The Morgan fingerprint density at radius 3 is 2.60 bits per heavy atom. The number of methoxy groups -OCH3 is 1. The van der Waals surface area contributed by atoms with E-state index < -0.39 is 5.91 Å². The van der Waals surface area contributed by atoms with Crippen LogP contribution in [0.2, 0.25) is 10.0 Å². The van der Waals surface area contributed by atoms with Crippen molar-refractivity contribution in [1.82, 2.24) is 5.43 Å². The Labute approximate surface area is 192 Å². The second-order valence-electron chi connectivity index (χ2n) is 6.14. The summed E-state index contributed by atoms with van der Waals surface area (Å²) in [5.74, 6) is 0.601. The van der Waals surface area contributed by atoms with Gasteiger partial charge in [-0.25, -0.2) is 5.43 Å². The highest BCUT2D eigenvalue weighted by molar-refractivity contribution is 9.10. The molecule has 0 fully saturated rings. The molecule has 0 aliphatic carbocycles. The van der Waals surface area contributed by atoms with Crippen molar-refractivity contribution in [2.45, 2.75) is 6.61 Å². The molecule has 0 heterocycles. The lowest BCUT2D eigenvalue weighted by molar-refractivity contribution is 0.0952. The normalized spacial score (nSPS) is 10.8. The van der Waals surface area contributed by atoms with E-state index in [0.717, 1.165) is 10.0 Å². The summed E-state index contributed by atoms with van der Waals surface area (Å²) in [5.41, 5.74) is 4.39. The number of carbonyl (C=O) groups excluding carboxylic acids is 1. The van der Waals surface area contributed by atoms with Crippen LogP contribution in [-0.2, 0) is 6.61 Å². The fourth-order valence-electron chi connectivity index (χ4n) is 2.62. The third-order valence-electron chi connectivity index (χ3n) is 4.03. The largest absolute Gasteiger partial charge is 0.496 e. The monoisotopic (exact) mass is 506 g/mol. The smallest absolute Gasteiger partial charge is 0.275 e. The van der Waals surface area contributed by atoms with Crippen LogP contribution in [-0.4, -0.2) is 19.2 Å². The lowest BCUT2D eigenvalue weighted by Crippen LogP contribution is -2.18. The summed E-state index contributed by atoms with van der Waals surface area (Å²) in [5, 5.41) is 5.20. The maximum Gasteiger partial charge on any atom is 0.275 e. The zero-order chi connectivity index (χ0) is 21.5. The van der Waals surface area contributed by atoms with Crippen molar-refractivity contribution >= 4 is 51.3 Å². The highest BCUT2D eigenvalue weighted by Gasteiger charge is 2.12. The van der Waals surface area contributed by atoms with E-state index in [0.29, 0.717) is 39.3 Å². The molecular weight excluding hydrogens is 491 g/mol. The van der Waals surface area contributed by atoms with Crippen LogP contribution in [0.4, 0.5) is 0 Å². The molecule has 0 unspecified atom stereocenters. The van der Waals surface area contributed by atoms with Crippen LogP contribution in [0, 0.1) is 0 Å². The summed E-state index contributed by atoms with van der Waals surface area (Å²) in [6.07, 6.45) is 1.47. The molecule has 0 radical (unpaired) electrons. The summed E-state index contributed by atoms with van der Waals surface area (Å²) in [7, 11) is 1.50. The van der Waals surface area contributed by atoms with Gasteiger partial charge in [-0.15, -0.1) is 0 Å². The summed E-state index contributed by atoms with van der Waals surface area (Å²) in [6.45, 7) is 0.324. The number of nitrogens with one attached hydrogen (secondary N) is 1. The number of amides is 1. The molecule has 0 bridgehead atoms. The fourth-order valence-corrected chi connectivity index (χ4v) is 3.37. The van der Waals surface area contributed by atoms with Gasteiger partial charge in [0, 0.05) is 20.1 Å². The first-order valence-electron chi connectivity index (χ1n) is 8.80. The molecule has 0 aliphatic heterocycles. The second kappa shape index (κ2) is 10.5. The van der Waals surface area contributed by atoms with Gasteiger partial charge in [0.2, 0.25) is 0 Å². The Bertz CT molecular complexity index is 1090. The van der Waals surface area contributed by atoms with E-state index in [1.807, 2.05) is 18.2 Å². The first-order chi connectivity index (χ1) is 14.5. The topological polar surface area (TPSA) is 59.9 Å². The van der Waals surface area contributed by atoms with Crippen LogP contribution in [0.3, 0.4) is 0 Å². The Morgan fingerprint density at radius 1 is 1.07 bits per heavy atom. The van der Waals surface area contributed by atoms with E-state index in [1.165, 1.54) is 13.3 Å². The highest BCUT2D eigenvalue weighted by Crippen LogP contribution is 2.24. The van der Waals surface area contributed by atoms with Crippen LogP contribution in [0.5, 0.6) is 11.5 Å². The average Bonchev–Trinajstić information content (AvgIpc) is 2.73. The van der Waals surface area contributed by atoms with Gasteiger partial charge in [-0.1, -0.05) is 51.3 Å². The number of halogens is 3. The van der Waals surface area contributed by atoms with Crippen LogP contribution in [0.1, 0.15) is 21.5 Å². The van der Waals surface area contributed by atoms with Crippen molar-refractivity contribution < 1.29 is 14.3 Å². The van der Waals surface area contributed by atoms with Crippen LogP contribution < -0.4 is 14.9 Å². The van der Waals surface area contributed by atoms with E-state index in [9.17, 15) is 4.79 Å². The van der Waals surface area contributed by atoms with Crippen LogP contribution in [0.25, 0.3) is 0 Å². The molecule has 0 aliphatic rings. The number of rotatable bonds is 7. The van der Waals surface area contributed by atoms with Crippen molar-refractivity contribution in [1.29, 1.82) is 0 Å². The number of hydrogen-bond donors (Lipinski definition) is 1. The molecular formula is C22H17BrCl2N2O3. The second-order valence-corrected chi connectivity index (χ2v) is 7.93. The fraction of sp³-hybridized carbons (Fsp3) is 0.0909. The van der Waals surface area contributed by atoms with Gasteiger partial charge in [-0.05, 0) is 54.1 Å². The zero-order valence-electron chi connectivity index (χ0n) is 15.9. The highest BCUT2D eigenvalue weighted by atomic mass is 79.9. The third kappa shape index (κ3) is 5.98. The van der Waals surface area contributed by atoms with Crippen molar-refractivity contribution in [3.8, 4) is 11.5 Å². The number of ether oxygens (including phenoxy) is 2. The summed E-state index contributed by atoms with van der Waals surface area (Å²) >= 11 is 15.5. The van der Waals surface area contributed by atoms with Gasteiger partial charge in [-0.2, -0.15) is 5.10 Å². The number of benzene rings is 3. The lowest BCUT2D eigenvalue weighted by atomic mass is 10.2. The number of hydrogen-bond acceptors (Lipinski definition) is 4. The molecule has 1 amide bonds. The van der Waals surface area contributed by atoms with Crippen LogP contribution in [0.15, 0.2) is 70.2 Å². The lowest BCUT2D eigenvalue weighted by Gasteiger charge is -2.10. The van der Waals surface area contributed by atoms with Gasteiger partial charge in [0.15, 0.2) is 0 Å². The molecule has 0 aromatic heterocycles. The quantitative estimate of drug-likeness (QED) is 0.310. The van der Waals surface area contributed by atoms with Gasteiger partial charge in [0.05, 0.1) is 18.9 Å². The van der Waals surface area contributed by atoms with E-state index in [1.54, 1.807) is 42.5 Å². The van der Waals surface area contributed by atoms with Gasteiger partial charge in [0.1, 0.15) is 18.1 Å². The summed E-state index contributed by atoms with van der Waals surface area (Å²) in [6, 6.07) is 17.7. The molecule has 0 saturated carbocycles. The molecule has 30 heavy (non-hydrogen) atoms. The molecule has 3 aromatic carbocycles. The number of nitrogens with zero attached hydrogens (tertiary/aromatic N) is 1. The average molecular weight is 508 g/mol. The van der Waals surface area contributed by atoms with E-state index in [-0.39, 0.29) is 0 Å². The molecule has 3 rings (SSSR count). The van der Waals surface area contributed by atoms with Crippen molar-refractivity contribution in [2.24, 2.45) is 5.10 Å². The Balaban J connectivity index is 1.73. The Hall–Kier alpha value is -2.54. The standard InChI is InChI=1S/C22H17BrCl2N2O3/c1-29-21-7-5-16(23)11-19(21)22(28)27-26-12-15-10-18(25)6-8-20(15)30-13-14-3-2-4-17(24)9-14/h2-12H,13H2,1H3,(H,27,28)/b26-12-. The Morgan fingerprint density at radius 2 is 1.83 bits per heavy atom. The van der Waals surface area contributed by atoms with Crippen molar-refractivity contribution in [2.75, 3.05) is 7.11 Å². The molecule has 0 saturated heterocycles. The predicted octanol–water partition coefficient (Wildman–Crippen LogP) is 6.11. The van der Waals surface area contributed by atoms with E-state index in [4.69, 9.17) is 32.7 Å². The number of hydrazone groups is 1. The van der Waals surface area contributed by atoms with E-state index in [2.05, 4.69) is 26.5 Å². The van der Waals surface area contributed by atoms with E-state index >= 15 is 0 Å². The first kappa shape index (κ1) is 22.2. The molecule has 0 atom stereocenters. The van der Waals surface area contributed by atoms with Gasteiger partial charge in [-0.3, -0.25) is 4.79 Å². The van der Waals surface area contributed by atoms with Crippen molar-refractivity contribution in [3.05, 3.63) is 91.9 Å². The van der Waals surface area contributed by atoms with Gasteiger partial charge >= 0.3 is 0 Å². The summed E-state index contributed by atoms with van der Waals surface area (Å²) < 4.78 is 11.9. The van der Waals surface area contributed by atoms with Crippen LogP contribution >= 0.6 is 39.1 Å². The molecule has 5 nitrogen and oxygen atoms in total. The number of carbonyl (C=O) groups is 1.